The summed E-state index contributed by atoms with van der Waals surface area (Å²) in [6, 6.07) is 5.62. The number of pyridine rings is 1. The zero-order chi connectivity index (χ0) is 20.4. The van der Waals surface area contributed by atoms with Crippen LogP contribution < -0.4 is 15.2 Å². The number of rotatable bonds is 4. The van der Waals surface area contributed by atoms with Gasteiger partial charge in [-0.1, -0.05) is 12.2 Å². The van der Waals surface area contributed by atoms with E-state index in [4.69, 9.17) is 4.74 Å². The lowest BCUT2D eigenvalue weighted by Crippen LogP contribution is -2.66. The first-order valence-electron chi connectivity index (χ1n) is 9.59. The van der Waals surface area contributed by atoms with E-state index in [1.165, 1.54) is 0 Å². The van der Waals surface area contributed by atoms with Crippen molar-refractivity contribution >= 4 is 27.5 Å². The summed E-state index contributed by atoms with van der Waals surface area (Å²) in [7, 11) is -1.63. The summed E-state index contributed by atoms with van der Waals surface area (Å²) in [5.74, 6) is 0. The number of hydrogen-bond donors (Lipinski definition) is 1. The summed E-state index contributed by atoms with van der Waals surface area (Å²) >= 11 is 0. The van der Waals surface area contributed by atoms with Crippen LogP contribution >= 0.6 is 0 Å². The van der Waals surface area contributed by atoms with Crippen molar-refractivity contribution in [1.82, 2.24) is 4.57 Å². The van der Waals surface area contributed by atoms with Crippen molar-refractivity contribution in [1.29, 1.82) is 0 Å². The van der Waals surface area contributed by atoms with E-state index in [1.54, 1.807) is 17.7 Å². The molecule has 5 rings (SSSR count). The monoisotopic (exact) mass is 413 g/mol. The number of benzene rings is 1. The lowest BCUT2D eigenvalue weighted by atomic mass is 9.77. The Hall–Kier alpha value is -2.58. The van der Waals surface area contributed by atoms with Gasteiger partial charge in [-0.25, -0.2) is 8.42 Å². The van der Waals surface area contributed by atoms with E-state index >= 15 is 0 Å². The predicted octanol–water partition coefficient (Wildman–Crippen LogP) is 1.83. The third-order valence-electron chi connectivity index (χ3n) is 5.92. The molecule has 152 valence electrons. The van der Waals surface area contributed by atoms with Crippen LogP contribution in [-0.2, 0) is 28.2 Å². The van der Waals surface area contributed by atoms with Crippen LogP contribution in [0.1, 0.15) is 11.1 Å². The SMILES string of the molecule is Cn1cc(-c2cc(NS(C)(=O)=O)ccc2N2CC3(COC3)C2)c2c(c1=O)CC=C2. The van der Waals surface area contributed by atoms with Gasteiger partial charge in [-0.3, -0.25) is 9.52 Å². The Morgan fingerprint density at radius 2 is 1.93 bits per heavy atom. The summed E-state index contributed by atoms with van der Waals surface area (Å²) < 4.78 is 33.1. The van der Waals surface area contributed by atoms with Gasteiger partial charge >= 0.3 is 0 Å². The highest BCUT2D eigenvalue weighted by Crippen LogP contribution is 2.45. The lowest BCUT2D eigenvalue weighted by Gasteiger charge is -2.56. The van der Waals surface area contributed by atoms with E-state index < -0.39 is 10.0 Å². The smallest absolute Gasteiger partial charge is 0.254 e. The maximum Gasteiger partial charge on any atom is 0.254 e. The minimum absolute atomic E-state index is 0.00948. The Morgan fingerprint density at radius 1 is 1.17 bits per heavy atom. The number of sulfonamides is 1. The normalized spacial score (nSPS) is 19.0. The molecule has 2 aliphatic heterocycles. The highest BCUT2D eigenvalue weighted by Gasteiger charge is 2.49. The molecule has 2 aromatic rings. The van der Waals surface area contributed by atoms with E-state index in [0.717, 1.165) is 60.5 Å². The average molecular weight is 413 g/mol. The van der Waals surface area contributed by atoms with Crippen molar-refractivity contribution in [2.75, 3.05) is 42.2 Å². The van der Waals surface area contributed by atoms with Crippen molar-refractivity contribution in [3.63, 3.8) is 0 Å². The number of ether oxygens (including phenoxy) is 1. The molecule has 1 aliphatic carbocycles. The summed E-state index contributed by atoms with van der Waals surface area (Å²) in [6.07, 6.45) is 7.60. The molecule has 0 saturated carbocycles. The predicted molar refractivity (Wildman–Crippen MR) is 114 cm³/mol. The van der Waals surface area contributed by atoms with Gasteiger partial charge in [0.25, 0.3) is 5.56 Å². The molecule has 1 N–H and O–H groups in total. The number of fused-ring (bicyclic) bond motifs is 1. The maximum atomic E-state index is 12.5. The molecule has 3 aliphatic rings. The third kappa shape index (κ3) is 3.07. The largest absolute Gasteiger partial charge is 0.380 e. The first kappa shape index (κ1) is 18.4. The summed E-state index contributed by atoms with van der Waals surface area (Å²) in [5.41, 5.74) is 5.39. The minimum Gasteiger partial charge on any atom is -0.380 e. The molecule has 8 heteroatoms. The molecule has 2 fully saturated rings. The number of nitrogens with one attached hydrogen (secondary N) is 1. The Kier molecular flexibility index (Phi) is 3.95. The van der Waals surface area contributed by atoms with Gasteiger partial charge in [0.15, 0.2) is 0 Å². The van der Waals surface area contributed by atoms with Crippen molar-refractivity contribution in [3.8, 4) is 11.1 Å². The molecule has 29 heavy (non-hydrogen) atoms. The fraction of sp³-hybridized carbons (Fsp3) is 0.381. The Labute approximate surface area is 169 Å². The number of hydrogen-bond acceptors (Lipinski definition) is 5. The highest BCUT2D eigenvalue weighted by molar-refractivity contribution is 7.92. The zero-order valence-corrected chi connectivity index (χ0v) is 17.3. The Bertz CT molecular complexity index is 1200. The number of allylic oxidation sites excluding steroid dienone is 1. The Balaban J connectivity index is 1.65. The van der Waals surface area contributed by atoms with Gasteiger partial charge in [-0.2, -0.15) is 0 Å². The van der Waals surface area contributed by atoms with E-state index in [0.29, 0.717) is 12.1 Å². The van der Waals surface area contributed by atoms with Gasteiger partial charge in [0, 0.05) is 54.4 Å². The van der Waals surface area contributed by atoms with E-state index in [2.05, 4.69) is 9.62 Å². The van der Waals surface area contributed by atoms with Crippen LogP contribution in [0.15, 0.2) is 35.3 Å². The van der Waals surface area contributed by atoms with Crippen molar-refractivity contribution < 1.29 is 13.2 Å². The van der Waals surface area contributed by atoms with E-state index in [-0.39, 0.29) is 11.0 Å². The molecule has 2 saturated heterocycles. The van der Waals surface area contributed by atoms with Crippen LogP contribution in [-0.4, -0.2) is 45.5 Å². The second-order valence-electron chi connectivity index (χ2n) is 8.41. The molecule has 1 aromatic heterocycles. The molecule has 0 bridgehead atoms. The molecule has 0 amide bonds. The van der Waals surface area contributed by atoms with Gasteiger partial charge in [0.1, 0.15) is 0 Å². The van der Waals surface area contributed by atoms with Crippen molar-refractivity contribution in [3.05, 3.63) is 52.0 Å². The quantitative estimate of drug-likeness (QED) is 0.827. The zero-order valence-electron chi connectivity index (χ0n) is 16.4. The van der Waals surface area contributed by atoms with Gasteiger partial charge < -0.3 is 14.2 Å². The van der Waals surface area contributed by atoms with Gasteiger partial charge in [-0.15, -0.1) is 0 Å². The number of aromatic nitrogens is 1. The summed E-state index contributed by atoms with van der Waals surface area (Å²) in [4.78, 5) is 14.8. The average Bonchev–Trinajstić information content (AvgIpc) is 3.05. The molecule has 7 nitrogen and oxygen atoms in total. The van der Waals surface area contributed by atoms with E-state index in [9.17, 15) is 13.2 Å². The Morgan fingerprint density at radius 3 is 2.59 bits per heavy atom. The molecule has 3 heterocycles. The topological polar surface area (TPSA) is 80.6 Å². The molecule has 0 unspecified atom stereocenters. The molecule has 1 aromatic carbocycles. The second-order valence-corrected chi connectivity index (χ2v) is 10.2. The van der Waals surface area contributed by atoms with Crippen LogP contribution in [0.25, 0.3) is 17.2 Å². The molecular weight excluding hydrogens is 390 g/mol. The maximum absolute atomic E-state index is 12.5. The van der Waals surface area contributed by atoms with Crippen LogP contribution in [0.3, 0.4) is 0 Å². The van der Waals surface area contributed by atoms with Crippen LogP contribution in [0, 0.1) is 5.41 Å². The fourth-order valence-electron chi connectivity index (χ4n) is 4.52. The standard InChI is InChI=1S/C21H23N3O4S/c1-23-9-18(15-4-3-5-16(15)20(23)25)17-8-14(22-29(2,26)27)6-7-19(17)24-10-21(11-24)12-28-13-21/h3-4,6-9,22H,5,10-13H2,1-2H3. The lowest BCUT2D eigenvalue weighted by molar-refractivity contribution is -0.127. The summed E-state index contributed by atoms with van der Waals surface area (Å²) in [6.45, 7) is 3.43. The third-order valence-corrected chi connectivity index (χ3v) is 6.53. The number of aryl methyl sites for hydroxylation is 1. The molecular formula is C21H23N3O4S. The number of anilines is 2. The minimum atomic E-state index is -3.39. The van der Waals surface area contributed by atoms with Crippen LogP contribution in [0.2, 0.25) is 0 Å². The molecule has 0 radical (unpaired) electrons. The first-order valence-corrected chi connectivity index (χ1v) is 11.5. The van der Waals surface area contributed by atoms with Crippen molar-refractivity contribution in [2.45, 2.75) is 6.42 Å². The fourth-order valence-corrected chi connectivity index (χ4v) is 5.08. The first-order chi connectivity index (χ1) is 13.7. The van der Waals surface area contributed by atoms with Crippen LogP contribution in [0.4, 0.5) is 11.4 Å². The second kappa shape index (κ2) is 6.21. The van der Waals surface area contributed by atoms with Gasteiger partial charge in [0.05, 0.1) is 24.9 Å². The number of nitrogens with zero attached hydrogens (tertiary/aromatic N) is 2. The summed E-state index contributed by atoms with van der Waals surface area (Å²) in [5, 5.41) is 0. The van der Waals surface area contributed by atoms with Crippen molar-refractivity contribution in [2.24, 2.45) is 12.5 Å². The van der Waals surface area contributed by atoms with E-state index in [1.807, 2.05) is 30.5 Å². The highest BCUT2D eigenvalue weighted by atomic mass is 32.2. The van der Waals surface area contributed by atoms with Gasteiger partial charge in [-0.05, 0) is 30.2 Å². The molecule has 1 spiro atoms. The molecule has 0 atom stereocenters. The van der Waals surface area contributed by atoms with Gasteiger partial charge in [0.2, 0.25) is 10.0 Å². The van der Waals surface area contributed by atoms with Crippen LogP contribution in [0.5, 0.6) is 0 Å².